The van der Waals surface area contributed by atoms with Gasteiger partial charge in [-0.1, -0.05) is 13.8 Å². The van der Waals surface area contributed by atoms with Crippen LogP contribution in [0.15, 0.2) is 10.9 Å². The van der Waals surface area contributed by atoms with Crippen molar-refractivity contribution in [1.29, 1.82) is 0 Å². The fourth-order valence-electron chi connectivity index (χ4n) is 2.36. The summed E-state index contributed by atoms with van der Waals surface area (Å²) in [6, 6.07) is 2.06. The predicted molar refractivity (Wildman–Crippen MR) is 57.7 cm³/mol. The van der Waals surface area contributed by atoms with E-state index >= 15 is 0 Å². The largest absolute Gasteiger partial charge is 0.312 e. The summed E-state index contributed by atoms with van der Waals surface area (Å²) in [6.07, 6.45) is 2.10. The Hall–Kier alpha value is -1.05. The minimum absolute atomic E-state index is 0.210. The molecule has 2 heterocycles. The molecule has 2 nitrogen and oxygen atoms in total. The zero-order chi connectivity index (χ0) is 10.3. The maximum atomic E-state index is 11.8. The van der Waals surface area contributed by atoms with Crippen LogP contribution in [0, 0.1) is 12.8 Å². The topological polar surface area (TPSA) is 22.0 Å². The summed E-state index contributed by atoms with van der Waals surface area (Å²) in [7, 11) is 0. The van der Waals surface area contributed by atoms with E-state index in [4.69, 9.17) is 0 Å². The second kappa shape index (κ2) is 3.26. The fraction of sp³-hybridized carbons (Fsp3) is 0.583. The number of nitrogens with zero attached hydrogens (tertiary/aromatic N) is 1. The van der Waals surface area contributed by atoms with Crippen LogP contribution in [0.5, 0.6) is 0 Å². The minimum Gasteiger partial charge on any atom is -0.312 e. The normalized spacial score (nSPS) is 19.8. The summed E-state index contributed by atoms with van der Waals surface area (Å²) in [6.45, 7) is 7.19. The third-order valence-corrected chi connectivity index (χ3v) is 3.09. The highest BCUT2D eigenvalue weighted by Crippen LogP contribution is 2.22. The highest BCUT2D eigenvalue weighted by Gasteiger charge is 2.21. The first-order valence-electron chi connectivity index (χ1n) is 5.35. The SMILES string of the molecule is CCc1cc(C)c(=O)n2c1CC(C)C2. The van der Waals surface area contributed by atoms with Crippen molar-refractivity contribution < 1.29 is 0 Å². The van der Waals surface area contributed by atoms with Gasteiger partial charge in [0.2, 0.25) is 0 Å². The molecule has 2 rings (SSSR count). The van der Waals surface area contributed by atoms with Crippen molar-refractivity contribution in [3.63, 3.8) is 0 Å². The van der Waals surface area contributed by atoms with Gasteiger partial charge in [0.1, 0.15) is 0 Å². The summed E-state index contributed by atoms with van der Waals surface area (Å²) in [5.74, 6) is 0.620. The highest BCUT2D eigenvalue weighted by molar-refractivity contribution is 5.28. The van der Waals surface area contributed by atoms with Gasteiger partial charge in [-0.2, -0.15) is 0 Å². The molecule has 76 valence electrons. The van der Waals surface area contributed by atoms with Crippen LogP contribution in [0.25, 0.3) is 0 Å². The number of aryl methyl sites for hydroxylation is 2. The quantitative estimate of drug-likeness (QED) is 0.664. The Balaban J connectivity index is 2.66. The molecule has 1 atom stereocenters. The summed E-state index contributed by atoms with van der Waals surface area (Å²) in [4.78, 5) is 11.8. The zero-order valence-corrected chi connectivity index (χ0v) is 9.13. The molecule has 0 amide bonds. The van der Waals surface area contributed by atoms with Crippen molar-refractivity contribution >= 4 is 0 Å². The molecule has 0 fully saturated rings. The zero-order valence-electron chi connectivity index (χ0n) is 9.13. The highest BCUT2D eigenvalue weighted by atomic mass is 16.1. The van der Waals surface area contributed by atoms with E-state index < -0.39 is 0 Å². The molecule has 0 saturated carbocycles. The Morgan fingerprint density at radius 3 is 2.93 bits per heavy atom. The van der Waals surface area contributed by atoms with Crippen LogP contribution in [0.2, 0.25) is 0 Å². The molecule has 2 heteroatoms. The summed E-state index contributed by atoms with van der Waals surface area (Å²) in [5, 5.41) is 0. The van der Waals surface area contributed by atoms with E-state index in [0.717, 1.165) is 24.9 Å². The van der Waals surface area contributed by atoms with Crippen LogP contribution < -0.4 is 5.56 Å². The van der Waals surface area contributed by atoms with Crippen LogP contribution in [0.1, 0.15) is 30.7 Å². The van der Waals surface area contributed by atoms with E-state index in [1.807, 2.05) is 11.5 Å². The molecule has 0 saturated heterocycles. The van der Waals surface area contributed by atoms with Crippen molar-refractivity contribution in [3.05, 3.63) is 33.2 Å². The summed E-state index contributed by atoms with van der Waals surface area (Å²) in [5.41, 5.74) is 3.73. The van der Waals surface area contributed by atoms with Crippen molar-refractivity contribution in [3.8, 4) is 0 Å². The van der Waals surface area contributed by atoms with Crippen LogP contribution >= 0.6 is 0 Å². The molecule has 1 aromatic heterocycles. The van der Waals surface area contributed by atoms with Crippen LogP contribution in [-0.2, 0) is 19.4 Å². The molecule has 1 unspecified atom stereocenters. The van der Waals surface area contributed by atoms with Crippen molar-refractivity contribution in [2.75, 3.05) is 0 Å². The average Bonchev–Trinajstić information content (AvgIpc) is 2.54. The van der Waals surface area contributed by atoms with E-state index in [9.17, 15) is 4.79 Å². The number of rotatable bonds is 1. The Kier molecular flexibility index (Phi) is 2.22. The number of fused-ring (bicyclic) bond motifs is 1. The van der Waals surface area contributed by atoms with E-state index in [2.05, 4.69) is 19.9 Å². The van der Waals surface area contributed by atoms with Crippen molar-refractivity contribution in [2.24, 2.45) is 5.92 Å². The first-order chi connectivity index (χ1) is 6.63. The van der Waals surface area contributed by atoms with Crippen molar-refractivity contribution in [1.82, 2.24) is 4.57 Å². The van der Waals surface area contributed by atoms with E-state index in [1.54, 1.807) is 0 Å². The second-order valence-electron chi connectivity index (χ2n) is 4.38. The smallest absolute Gasteiger partial charge is 0.253 e. The average molecular weight is 191 g/mol. The molecular weight excluding hydrogens is 174 g/mol. The Morgan fingerprint density at radius 1 is 1.57 bits per heavy atom. The van der Waals surface area contributed by atoms with Gasteiger partial charge in [-0.05, 0) is 37.3 Å². The van der Waals surface area contributed by atoms with E-state index in [0.29, 0.717) is 5.92 Å². The predicted octanol–water partition coefficient (Wildman–Crippen LogP) is 1.91. The molecule has 0 radical (unpaired) electrons. The maximum absolute atomic E-state index is 11.8. The standard InChI is InChI=1S/C12H17NO/c1-4-10-6-9(3)12(14)13-7-8(2)5-11(10)13/h6,8H,4-5,7H2,1-3H3. The number of aromatic nitrogens is 1. The number of pyridine rings is 1. The number of hydrogen-bond donors (Lipinski definition) is 0. The molecule has 0 spiro atoms. The monoisotopic (exact) mass is 191 g/mol. The molecule has 0 bridgehead atoms. The Bertz CT molecular complexity index is 417. The molecule has 1 aliphatic heterocycles. The molecule has 0 aromatic carbocycles. The second-order valence-corrected chi connectivity index (χ2v) is 4.38. The lowest BCUT2D eigenvalue weighted by Crippen LogP contribution is -2.23. The van der Waals surface area contributed by atoms with Crippen LogP contribution in [0.4, 0.5) is 0 Å². The van der Waals surface area contributed by atoms with Gasteiger partial charge in [0.15, 0.2) is 0 Å². The molecule has 0 aliphatic carbocycles. The third-order valence-electron chi connectivity index (χ3n) is 3.09. The van der Waals surface area contributed by atoms with Gasteiger partial charge in [0, 0.05) is 17.8 Å². The molecule has 14 heavy (non-hydrogen) atoms. The first kappa shape index (κ1) is 9.50. The summed E-state index contributed by atoms with van der Waals surface area (Å²) < 4.78 is 1.97. The lowest BCUT2D eigenvalue weighted by atomic mass is 10.0. The summed E-state index contributed by atoms with van der Waals surface area (Å²) >= 11 is 0. The van der Waals surface area contributed by atoms with Gasteiger partial charge >= 0.3 is 0 Å². The molecule has 1 aromatic rings. The van der Waals surface area contributed by atoms with Crippen LogP contribution in [-0.4, -0.2) is 4.57 Å². The van der Waals surface area contributed by atoms with E-state index in [1.165, 1.54) is 11.3 Å². The Morgan fingerprint density at radius 2 is 2.29 bits per heavy atom. The fourth-order valence-corrected chi connectivity index (χ4v) is 2.36. The van der Waals surface area contributed by atoms with Gasteiger partial charge < -0.3 is 4.57 Å². The maximum Gasteiger partial charge on any atom is 0.253 e. The van der Waals surface area contributed by atoms with Crippen molar-refractivity contribution in [2.45, 2.75) is 40.2 Å². The van der Waals surface area contributed by atoms with Gasteiger partial charge in [-0.3, -0.25) is 4.79 Å². The minimum atomic E-state index is 0.210. The van der Waals surface area contributed by atoms with Crippen LogP contribution in [0.3, 0.4) is 0 Å². The first-order valence-corrected chi connectivity index (χ1v) is 5.35. The van der Waals surface area contributed by atoms with E-state index in [-0.39, 0.29) is 5.56 Å². The number of hydrogen-bond acceptors (Lipinski definition) is 1. The van der Waals surface area contributed by atoms with Gasteiger partial charge in [0.25, 0.3) is 5.56 Å². The molecular formula is C12H17NO. The molecule has 0 N–H and O–H groups in total. The third kappa shape index (κ3) is 1.29. The van der Waals surface area contributed by atoms with Gasteiger partial charge in [-0.25, -0.2) is 0 Å². The Labute approximate surface area is 84.6 Å². The lowest BCUT2D eigenvalue weighted by molar-refractivity contribution is 0.556. The van der Waals surface area contributed by atoms with Gasteiger partial charge in [-0.15, -0.1) is 0 Å². The molecule has 1 aliphatic rings. The lowest BCUT2D eigenvalue weighted by Gasteiger charge is -2.09. The van der Waals surface area contributed by atoms with Gasteiger partial charge in [0.05, 0.1) is 0 Å².